The van der Waals surface area contributed by atoms with E-state index in [4.69, 9.17) is 4.74 Å². The minimum absolute atomic E-state index is 0.104. The maximum atomic E-state index is 13.3. The van der Waals surface area contributed by atoms with Crippen LogP contribution in [0, 0.1) is 26.2 Å². The van der Waals surface area contributed by atoms with E-state index in [1.807, 2.05) is 26.8 Å². The number of nitrogens with zero attached hydrogens (tertiary/aromatic N) is 5. The Balaban J connectivity index is 1.62. The zero-order valence-electron chi connectivity index (χ0n) is 18.4. The average Bonchev–Trinajstić information content (AvgIpc) is 3.04. The van der Waals surface area contributed by atoms with Gasteiger partial charge < -0.3 is 4.74 Å². The van der Waals surface area contributed by atoms with Crippen LogP contribution in [0.1, 0.15) is 55.2 Å². The molecule has 1 aromatic heterocycles. The second kappa shape index (κ2) is 6.80. The fourth-order valence-corrected chi connectivity index (χ4v) is 4.47. The first-order valence-electron chi connectivity index (χ1n) is 10.5. The molecule has 8 nitrogen and oxygen atoms in total. The third-order valence-electron chi connectivity index (χ3n) is 5.89. The van der Waals surface area contributed by atoms with E-state index in [0.29, 0.717) is 36.2 Å². The van der Waals surface area contributed by atoms with Gasteiger partial charge in [-0.1, -0.05) is 48.8 Å². The topological polar surface area (TPSA) is 84.1 Å². The number of Topliss-reactive ketones (excluding diaryl/α,β-unsaturated/α-hetero) is 1. The number of hydrogen-bond acceptors (Lipinski definition) is 7. The number of carbonyl (C=O) groups excluding carboxylic acids is 1. The van der Waals surface area contributed by atoms with Gasteiger partial charge in [-0.25, -0.2) is 9.69 Å². The van der Waals surface area contributed by atoms with Gasteiger partial charge in [0.2, 0.25) is 0 Å². The first kappa shape index (κ1) is 19.5. The number of carbonyl (C=O) groups is 1. The zero-order valence-corrected chi connectivity index (χ0v) is 18.4. The van der Waals surface area contributed by atoms with E-state index in [1.54, 1.807) is 9.69 Å². The number of fused-ring (bicyclic) bond motifs is 1. The second-order valence-corrected chi connectivity index (χ2v) is 9.32. The highest BCUT2D eigenvalue weighted by Crippen LogP contribution is 2.46. The molecule has 0 amide bonds. The normalized spacial score (nSPS) is 22.2. The van der Waals surface area contributed by atoms with Crippen molar-refractivity contribution in [3.8, 4) is 0 Å². The van der Waals surface area contributed by atoms with E-state index in [1.165, 1.54) is 0 Å². The standard InChI is InChI=1S/C23H26N6O2/c1-13-6-8-16(9-7-13)20-19-17(30)11-23(4,5)12-18(19)31-22-25-24-21(27-29(20)22)28-15(3)10-14(2)26-28/h6-10,20H,11-12H2,1-5H3,(H,24,27). The Kier molecular flexibility index (Phi) is 4.28. The Bertz CT molecular complexity index is 1170. The fraction of sp³-hybridized carbons (Fsp3) is 0.391. The van der Waals surface area contributed by atoms with Gasteiger partial charge in [0, 0.05) is 18.5 Å². The molecule has 0 spiro atoms. The molecule has 5 rings (SSSR count). The summed E-state index contributed by atoms with van der Waals surface area (Å²) < 4.78 is 7.84. The van der Waals surface area contributed by atoms with Crippen LogP contribution in [0.25, 0.3) is 0 Å². The number of hydrogen-bond donors (Lipinski definition) is 1. The minimum atomic E-state index is -0.367. The van der Waals surface area contributed by atoms with E-state index in [-0.39, 0.29) is 17.2 Å². The van der Waals surface area contributed by atoms with Crippen molar-refractivity contribution in [1.82, 2.24) is 20.2 Å². The van der Waals surface area contributed by atoms with Gasteiger partial charge >= 0.3 is 6.02 Å². The van der Waals surface area contributed by atoms with Crippen molar-refractivity contribution in [3.63, 3.8) is 0 Å². The van der Waals surface area contributed by atoms with E-state index in [2.05, 4.69) is 58.8 Å². The van der Waals surface area contributed by atoms with Gasteiger partial charge in [-0.05, 0) is 37.8 Å². The third-order valence-corrected chi connectivity index (χ3v) is 5.89. The Hall–Kier alpha value is -3.42. The number of aromatic nitrogens is 2. The molecule has 1 N–H and O–H groups in total. The average molecular weight is 419 g/mol. The quantitative estimate of drug-likeness (QED) is 0.766. The van der Waals surface area contributed by atoms with Crippen molar-refractivity contribution in [1.29, 1.82) is 0 Å². The SMILES string of the molecule is Cc1ccc(C2C3=C(CC(C)(C)CC3=O)OC3=NN=C(n4nc(C)cc4C)NN32)cc1. The van der Waals surface area contributed by atoms with Crippen LogP contribution in [-0.4, -0.2) is 32.6 Å². The largest absolute Gasteiger partial charge is 0.427 e. The lowest BCUT2D eigenvalue weighted by Crippen LogP contribution is -2.56. The summed E-state index contributed by atoms with van der Waals surface area (Å²) in [6.45, 7) is 10.1. The zero-order chi connectivity index (χ0) is 21.9. The monoisotopic (exact) mass is 418 g/mol. The first-order valence-corrected chi connectivity index (χ1v) is 10.5. The Morgan fingerprint density at radius 2 is 1.84 bits per heavy atom. The van der Waals surface area contributed by atoms with Crippen LogP contribution in [0.15, 0.2) is 51.9 Å². The molecule has 0 radical (unpaired) electrons. The van der Waals surface area contributed by atoms with Gasteiger partial charge in [0.1, 0.15) is 11.8 Å². The lowest BCUT2D eigenvalue weighted by molar-refractivity contribution is -0.119. The van der Waals surface area contributed by atoms with Crippen LogP contribution in [0.2, 0.25) is 0 Å². The van der Waals surface area contributed by atoms with Gasteiger partial charge in [-0.3, -0.25) is 10.2 Å². The maximum Gasteiger partial charge on any atom is 0.336 e. The van der Waals surface area contributed by atoms with Gasteiger partial charge in [-0.15, -0.1) is 5.10 Å². The van der Waals surface area contributed by atoms with Crippen LogP contribution in [0.4, 0.5) is 0 Å². The highest BCUT2D eigenvalue weighted by atomic mass is 16.5. The van der Waals surface area contributed by atoms with Crippen molar-refractivity contribution in [3.05, 3.63) is 64.2 Å². The van der Waals surface area contributed by atoms with Crippen LogP contribution in [0.5, 0.6) is 0 Å². The summed E-state index contributed by atoms with van der Waals surface area (Å²) in [4.78, 5) is 13.3. The number of hydrazine groups is 1. The summed E-state index contributed by atoms with van der Waals surface area (Å²) in [5.41, 5.74) is 7.80. The van der Waals surface area contributed by atoms with Gasteiger partial charge in [-0.2, -0.15) is 5.10 Å². The van der Waals surface area contributed by atoms with Crippen LogP contribution in [0.3, 0.4) is 0 Å². The predicted molar refractivity (Wildman–Crippen MR) is 117 cm³/mol. The lowest BCUT2D eigenvalue weighted by atomic mass is 9.73. The van der Waals surface area contributed by atoms with Crippen molar-refractivity contribution in [2.45, 2.75) is 53.5 Å². The van der Waals surface area contributed by atoms with E-state index in [0.717, 1.165) is 22.5 Å². The number of amidine groups is 1. The molecule has 2 aromatic rings. The molecule has 1 aromatic carbocycles. The smallest absolute Gasteiger partial charge is 0.336 e. The number of nitrogens with one attached hydrogen (secondary N) is 1. The summed E-state index contributed by atoms with van der Waals surface area (Å²) in [7, 11) is 0. The molecule has 2 aliphatic heterocycles. The van der Waals surface area contributed by atoms with Gasteiger partial charge in [0.25, 0.3) is 5.96 Å². The van der Waals surface area contributed by atoms with Crippen LogP contribution < -0.4 is 5.43 Å². The highest BCUT2D eigenvalue weighted by molar-refractivity contribution is 6.01. The van der Waals surface area contributed by atoms with Crippen LogP contribution in [-0.2, 0) is 9.53 Å². The molecular weight excluding hydrogens is 392 g/mol. The molecule has 1 atom stereocenters. The molecule has 1 unspecified atom stereocenters. The van der Waals surface area contributed by atoms with E-state index >= 15 is 0 Å². The Morgan fingerprint density at radius 1 is 1.10 bits per heavy atom. The Labute approximate surface area is 181 Å². The minimum Gasteiger partial charge on any atom is -0.427 e. The number of benzene rings is 1. The molecule has 3 aliphatic rings. The highest BCUT2D eigenvalue weighted by Gasteiger charge is 2.46. The number of aryl methyl sites for hydroxylation is 3. The van der Waals surface area contributed by atoms with Gasteiger partial charge in [0.15, 0.2) is 5.78 Å². The molecule has 1 aliphatic carbocycles. The van der Waals surface area contributed by atoms with Crippen molar-refractivity contribution < 1.29 is 9.53 Å². The first-order chi connectivity index (χ1) is 14.7. The molecular formula is C23H26N6O2. The number of ether oxygens (including phenoxy) is 1. The summed E-state index contributed by atoms with van der Waals surface area (Å²) in [5, 5.41) is 15.0. The molecule has 0 saturated heterocycles. The number of rotatable bonds is 1. The molecule has 3 heterocycles. The molecule has 0 fully saturated rings. The van der Waals surface area contributed by atoms with E-state index < -0.39 is 0 Å². The van der Waals surface area contributed by atoms with E-state index in [9.17, 15) is 4.79 Å². The molecule has 0 saturated carbocycles. The van der Waals surface area contributed by atoms with Crippen molar-refractivity contribution in [2.75, 3.05) is 0 Å². The van der Waals surface area contributed by atoms with Gasteiger partial charge in [0.05, 0.1) is 11.3 Å². The van der Waals surface area contributed by atoms with Crippen LogP contribution >= 0.6 is 0 Å². The maximum absolute atomic E-state index is 13.3. The second-order valence-electron chi connectivity index (χ2n) is 9.32. The molecule has 160 valence electrons. The summed E-state index contributed by atoms with van der Waals surface area (Å²) in [5.74, 6) is 1.25. The molecule has 8 heteroatoms. The summed E-state index contributed by atoms with van der Waals surface area (Å²) in [6, 6.07) is 10.2. The predicted octanol–water partition coefficient (Wildman–Crippen LogP) is 3.52. The number of ketones is 1. The summed E-state index contributed by atoms with van der Waals surface area (Å²) in [6.07, 6.45) is 1.16. The molecule has 0 bridgehead atoms. The van der Waals surface area contributed by atoms with Crippen molar-refractivity contribution in [2.24, 2.45) is 15.6 Å². The lowest BCUT2D eigenvalue weighted by Gasteiger charge is -2.44. The van der Waals surface area contributed by atoms with Crippen molar-refractivity contribution >= 4 is 17.8 Å². The summed E-state index contributed by atoms with van der Waals surface area (Å²) >= 11 is 0. The number of allylic oxidation sites excluding steroid dienone is 1. The fourth-order valence-electron chi connectivity index (χ4n) is 4.47. The molecule has 31 heavy (non-hydrogen) atoms. The third kappa shape index (κ3) is 3.32. The Morgan fingerprint density at radius 3 is 2.52 bits per heavy atom.